The smallest absolute Gasteiger partial charge is 0.340 e. The van der Waals surface area contributed by atoms with E-state index in [1.807, 2.05) is 6.08 Å². The number of ether oxygens (including phenoxy) is 5. The number of allylic oxidation sites excluding steroid dienone is 1. The molecule has 8 nitrogen and oxygen atoms in total. The van der Waals surface area contributed by atoms with Crippen LogP contribution in [0, 0.1) is 0 Å². The van der Waals surface area contributed by atoms with E-state index in [2.05, 4.69) is 4.99 Å². The number of aliphatic imine (C=N–C) groups is 1. The lowest BCUT2D eigenvalue weighted by atomic mass is 9.94. The second-order valence-electron chi connectivity index (χ2n) is 6.51. The minimum atomic E-state index is -0.671. The van der Waals surface area contributed by atoms with Gasteiger partial charge in [-0.05, 0) is 29.8 Å². The Labute approximate surface area is 180 Å². The number of carbonyl (C=O) groups is 2. The summed E-state index contributed by atoms with van der Waals surface area (Å²) in [4.78, 5) is 30.4. The topological polar surface area (TPSA) is 92.7 Å². The maximum atomic E-state index is 13.5. The number of hydrogen-bond donors (Lipinski definition) is 0. The van der Waals surface area contributed by atoms with Gasteiger partial charge in [0.05, 0.1) is 32.6 Å². The van der Waals surface area contributed by atoms with Gasteiger partial charge in [0.1, 0.15) is 0 Å². The van der Waals surface area contributed by atoms with Gasteiger partial charge in [-0.3, -0.25) is 9.79 Å². The number of hydrogen-bond acceptors (Lipinski definition) is 8. The lowest BCUT2D eigenvalue weighted by molar-refractivity contribution is -0.0126. The van der Waals surface area contributed by atoms with E-state index in [0.717, 1.165) is 11.3 Å². The minimum Gasteiger partial charge on any atom is -0.493 e. The largest absolute Gasteiger partial charge is 0.493 e. The van der Waals surface area contributed by atoms with Crippen molar-refractivity contribution in [2.45, 2.75) is 6.42 Å². The third kappa shape index (κ3) is 4.59. The second kappa shape index (κ2) is 9.90. The summed E-state index contributed by atoms with van der Waals surface area (Å²) in [5, 5.41) is 0. The van der Waals surface area contributed by atoms with Crippen LogP contribution < -0.4 is 14.2 Å². The molecule has 0 atom stereocenters. The molecule has 0 N–H and O–H groups in total. The molecular weight excluding hydrogens is 402 g/mol. The number of esters is 1. The number of benzene rings is 2. The molecule has 3 rings (SSSR count). The summed E-state index contributed by atoms with van der Waals surface area (Å²) in [6, 6.07) is 8.01. The molecule has 0 aromatic heterocycles. The van der Waals surface area contributed by atoms with E-state index in [-0.39, 0.29) is 23.5 Å². The van der Waals surface area contributed by atoms with Crippen molar-refractivity contribution in [3.8, 4) is 17.2 Å². The molecule has 0 spiro atoms. The molecule has 0 radical (unpaired) electrons. The fourth-order valence-electron chi connectivity index (χ4n) is 3.20. The number of rotatable bonds is 9. The molecule has 162 valence electrons. The molecule has 1 aliphatic heterocycles. The fourth-order valence-corrected chi connectivity index (χ4v) is 3.20. The maximum absolute atomic E-state index is 13.5. The predicted octanol–water partition coefficient (Wildman–Crippen LogP) is 3.41. The van der Waals surface area contributed by atoms with E-state index in [9.17, 15) is 9.59 Å². The summed E-state index contributed by atoms with van der Waals surface area (Å²) in [5.41, 5.74) is 2.09. The third-order valence-electron chi connectivity index (χ3n) is 4.70. The second-order valence-corrected chi connectivity index (χ2v) is 6.51. The zero-order chi connectivity index (χ0) is 22.4. The van der Waals surface area contributed by atoms with E-state index in [1.54, 1.807) is 24.4 Å². The van der Waals surface area contributed by atoms with E-state index in [0.29, 0.717) is 23.7 Å². The third-order valence-corrected chi connectivity index (χ3v) is 4.70. The predicted molar refractivity (Wildman–Crippen MR) is 114 cm³/mol. The summed E-state index contributed by atoms with van der Waals surface area (Å²) in [6.45, 7) is -0.227. The van der Waals surface area contributed by atoms with Crippen LogP contribution in [0.5, 0.6) is 17.2 Å². The highest BCUT2D eigenvalue weighted by molar-refractivity contribution is 6.16. The first-order valence-electron chi connectivity index (χ1n) is 9.40. The van der Waals surface area contributed by atoms with Crippen LogP contribution in [0.2, 0.25) is 0 Å². The van der Waals surface area contributed by atoms with Gasteiger partial charge in [0.25, 0.3) is 0 Å². The fraction of sp³-hybridized carbons (Fsp3) is 0.261. The first-order chi connectivity index (χ1) is 15.0. The summed E-state index contributed by atoms with van der Waals surface area (Å²) in [7, 11) is 5.81. The summed E-state index contributed by atoms with van der Waals surface area (Å²) < 4.78 is 25.9. The Kier molecular flexibility index (Phi) is 7.04. The van der Waals surface area contributed by atoms with Crippen molar-refractivity contribution >= 4 is 17.5 Å². The van der Waals surface area contributed by atoms with Gasteiger partial charge in [0.2, 0.25) is 5.75 Å². The van der Waals surface area contributed by atoms with Gasteiger partial charge in [0, 0.05) is 30.9 Å². The molecule has 31 heavy (non-hydrogen) atoms. The lowest BCUT2D eigenvalue weighted by Gasteiger charge is -2.15. The van der Waals surface area contributed by atoms with Gasteiger partial charge >= 0.3 is 5.97 Å². The Morgan fingerprint density at radius 2 is 1.65 bits per heavy atom. The SMILES string of the molecule is COCOC(=O)c1ccc(C2=NC=CC2)cc1C(=O)c1cc(OC)c(OC)c(OC)c1. The van der Waals surface area contributed by atoms with E-state index in [4.69, 9.17) is 23.7 Å². The molecule has 8 heteroatoms. The van der Waals surface area contributed by atoms with Crippen LogP contribution >= 0.6 is 0 Å². The average Bonchev–Trinajstić information content (AvgIpc) is 3.35. The van der Waals surface area contributed by atoms with Gasteiger partial charge in [0.15, 0.2) is 24.1 Å². The Hall–Kier alpha value is -3.65. The molecular formula is C23H23NO7. The molecule has 0 amide bonds. The molecule has 0 unspecified atom stereocenters. The molecule has 0 fully saturated rings. The summed E-state index contributed by atoms with van der Waals surface area (Å²) in [5.74, 6) is -0.0578. The number of methoxy groups -OCH3 is 4. The zero-order valence-corrected chi connectivity index (χ0v) is 17.8. The Morgan fingerprint density at radius 1 is 0.935 bits per heavy atom. The van der Waals surface area contributed by atoms with Crippen molar-refractivity contribution in [3.63, 3.8) is 0 Å². The van der Waals surface area contributed by atoms with Gasteiger partial charge in [-0.2, -0.15) is 0 Å². The molecule has 1 heterocycles. The van der Waals surface area contributed by atoms with Crippen molar-refractivity contribution in [1.29, 1.82) is 0 Å². The molecule has 0 aliphatic carbocycles. The number of carbonyl (C=O) groups excluding carboxylic acids is 2. The number of ketones is 1. The minimum absolute atomic E-state index is 0.117. The molecule has 0 bridgehead atoms. The van der Waals surface area contributed by atoms with Crippen LogP contribution in [-0.4, -0.2) is 52.7 Å². The van der Waals surface area contributed by atoms with E-state index >= 15 is 0 Å². The van der Waals surface area contributed by atoms with E-state index < -0.39 is 11.8 Å². The van der Waals surface area contributed by atoms with Crippen molar-refractivity contribution in [1.82, 2.24) is 0 Å². The van der Waals surface area contributed by atoms with Crippen LogP contribution in [-0.2, 0) is 9.47 Å². The first-order valence-corrected chi connectivity index (χ1v) is 9.40. The lowest BCUT2D eigenvalue weighted by Crippen LogP contribution is -2.15. The maximum Gasteiger partial charge on any atom is 0.340 e. The molecule has 1 aliphatic rings. The standard InChI is InChI=1S/C23H23NO7/c1-27-13-31-23(26)16-8-7-14(18-6-5-9-24-18)10-17(16)21(25)15-11-19(28-2)22(30-4)20(12-15)29-3/h5,7-12H,6,13H2,1-4H3. The van der Waals surface area contributed by atoms with Crippen LogP contribution in [0.15, 0.2) is 47.6 Å². The quantitative estimate of drug-likeness (QED) is 0.345. The Bertz CT molecular complexity index is 1030. The van der Waals surface area contributed by atoms with Gasteiger partial charge < -0.3 is 23.7 Å². The highest BCUT2D eigenvalue weighted by atomic mass is 16.7. The summed E-state index contributed by atoms with van der Waals surface area (Å²) in [6.07, 6.45) is 4.26. The van der Waals surface area contributed by atoms with Crippen LogP contribution in [0.3, 0.4) is 0 Å². The number of nitrogens with zero attached hydrogens (tertiary/aromatic N) is 1. The first kappa shape index (κ1) is 22.0. The van der Waals surface area contributed by atoms with Crippen molar-refractivity contribution in [2.75, 3.05) is 35.2 Å². The van der Waals surface area contributed by atoms with Crippen LogP contribution in [0.4, 0.5) is 0 Å². The van der Waals surface area contributed by atoms with Crippen LogP contribution in [0.1, 0.15) is 38.3 Å². The zero-order valence-electron chi connectivity index (χ0n) is 17.8. The monoisotopic (exact) mass is 425 g/mol. The molecule has 0 saturated carbocycles. The van der Waals surface area contributed by atoms with E-state index in [1.165, 1.54) is 40.6 Å². The van der Waals surface area contributed by atoms with Gasteiger partial charge in [-0.1, -0.05) is 12.1 Å². The Morgan fingerprint density at radius 3 is 2.19 bits per heavy atom. The van der Waals surface area contributed by atoms with Crippen molar-refractivity contribution in [3.05, 3.63) is 64.9 Å². The normalized spacial score (nSPS) is 12.3. The van der Waals surface area contributed by atoms with Gasteiger partial charge in [-0.25, -0.2) is 4.79 Å². The molecule has 2 aromatic carbocycles. The molecule has 0 saturated heterocycles. The Balaban J connectivity index is 2.11. The van der Waals surface area contributed by atoms with Crippen molar-refractivity contribution < 1.29 is 33.3 Å². The summed E-state index contributed by atoms with van der Waals surface area (Å²) >= 11 is 0. The highest BCUT2D eigenvalue weighted by Gasteiger charge is 2.24. The highest BCUT2D eigenvalue weighted by Crippen LogP contribution is 2.39. The average molecular weight is 425 g/mol. The van der Waals surface area contributed by atoms with Crippen molar-refractivity contribution in [2.24, 2.45) is 4.99 Å². The molecule has 2 aromatic rings. The van der Waals surface area contributed by atoms with Gasteiger partial charge in [-0.15, -0.1) is 0 Å². The van der Waals surface area contributed by atoms with Crippen LogP contribution in [0.25, 0.3) is 0 Å².